The van der Waals surface area contributed by atoms with Crippen LogP contribution in [0.15, 0.2) is 41.8 Å². The van der Waals surface area contributed by atoms with Crippen LogP contribution in [-0.4, -0.2) is 56.3 Å². The molecular formula is C29H28FN5O4S. The van der Waals surface area contributed by atoms with Gasteiger partial charge >= 0.3 is 5.97 Å². The molecule has 9 nitrogen and oxygen atoms in total. The number of nitriles is 1. The minimum atomic E-state index is -0.949. The van der Waals surface area contributed by atoms with Crippen LogP contribution in [0.3, 0.4) is 0 Å². The number of imidazole rings is 1. The summed E-state index contributed by atoms with van der Waals surface area (Å²) < 4.78 is 27.7. The van der Waals surface area contributed by atoms with Crippen molar-refractivity contribution < 1.29 is 23.8 Å². The topological polar surface area (TPSA) is 114 Å². The Bertz CT molecular complexity index is 1580. The van der Waals surface area contributed by atoms with E-state index in [0.717, 1.165) is 61.5 Å². The van der Waals surface area contributed by atoms with E-state index in [1.807, 2.05) is 11.4 Å². The predicted octanol–water partition coefficient (Wildman–Crippen LogP) is 4.95. The Kier molecular flexibility index (Phi) is 7.47. The molecule has 2 aliphatic rings. The highest BCUT2D eigenvalue weighted by Gasteiger charge is 2.26. The highest BCUT2D eigenvalue weighted by Crippen LogP contribution is 2.32. The van der Waals surface area contributed by atoms with Gasteiger partial charge in [0.15, 0.2) is 0 Å². The van der Waals surface area contributed by atoms with Gasteiger partial charge in [-0.3, -0.25) is 4.90 Å². The van der Waals surface area contributed by atoms with Crippen molar-refractivity contribution in [3.8, 4) is 11.3 Å². The first kappa shape index (κ1) is 26.4. The second-order valence-corrected chi connectivity index (χ2v) is 11.0. The minimum absolute atomic E-state index is 0.0593. The lowest BCUT2D eigenvalue weighted by Crippen LogP contribution is -2.35. The molecule has 0 amide bonds. The zero-order chi connectivity index (χ0) is 27.6. The summed E-state index contributed by atoms with van der Waals surface area (Å²) in [5.41, 5.74) is 3.54. The summed E-state index contributed by atoms with van der Waals surface area (Å²) in [6.45, 7) is 3.94. The molecule has 0 bridgehead atoms. The van der Waals surface area contributed by atoms with Crippen molar-refractivity contribution in [2.75, 3.05) is 19.7 Å². The molecular weight excluding hydrogens is 533 g/mol. The van der Waals surface area contributed by atoms with E-state index in [1.165, 1.54) is 17.4 Å². The SMILES string of the molecule is N#Cc1ccc(COc2nc(C3CCN(Cc4nc5ccc(C(=O)O)cc5n4CC4CCO4)CC3)cs2)c(F)c1. The molecule has 2 aromatic carbocycles. The highest BCUT2D eigenvalue weighted by atomic mass is 32.1. The fourth-order valence-corrected chi connectivity index (χ4v) is 6.00. The minimum Gasteiger partial charge on any atom is -0.478 e. The summed E-state index contributed by atoms with van der Waals surface area (Å²) in [6, 6.07) is 11.4. The Hall–Kier alpha value is -3.85. The van der Waals surface area contributed by atoms with Crippen molar-refractivity contribution in [1.29, 1.82) is 5.26 Å². The quantitative estimate of drug-likeness (QED) is 0.305. The van der Waals surface area contributed by atoms with E-state index in [9.17, 15) is 14.3 Å². The molecule has 2 saturated heterocycles. The number of benzene rings is 2. The maximum atomic E-state index is 14.2. The Morgan fingerprint density at radius 2 is 2.02 bits per heavy atom. The number of ether oxygens (including phenoxy) is 2. The van der Waals surface area contributed by atoms with Gasteiger partial charge in [-0.2, -0.15) is 5.26 Å². The van der Waals surface area contributed by atoms with Crippen LogP contribution < -0.4 is 4.74 Å². The number of aromatic nitrogens is 3. The Labute approximate surface area is 234 Å². The van der Waals surface area contributed by atoms with Crippen LogP contribution in [0.2, 0.25) is 0 Å². The Morgan fingerprint density at radius 3 is 2.73 bits per heavy atom. The summed E-state index contributed by atoms with van der Waals surface area (Å²) in [7, 11) is 0. The van der Waals surface area contributed by atoms with Gasteiger partial charge in [-0.25, -0.2) is 19.2 Å². The van der Waals surface area contributed by atoms with Gasteiger partial charge < -0.3 is 19.1 Å². The summed E-state index contributed by atoms with van der Waals surface area (Å²) in [4.78, 5) is 23.5. The summed E-state index contributed by atoms with van der Waals surface area (Å²) >= 11 is 1.41. The average molecular weight is 562 g/mol. The van der Waals surface area contributed by atoms with Crippen molar-refractivity contribution in [3.63, 3.8) is 0 Å². The summed E-state index contributed by atoms with van der Waals surface area (Å²) in [6.07, 6.45) is 3.01. The molecule has 206 valence electrons. The first-order valence-electron chi connectivity index (χ1n) is 13.3. The molecule has 0 aliphatic carbocycles. The molecule has 2 aliphatic heterocycles. The van der Waals surface area contributed by atoms with Crippen molar-refractivity contribution in [3.05, 3.63) is 75.8 Å². The molecule has 0 saturated carbocycles. The van der Waals surface area contributed by atoms with E-state index in [-0.39, 0.29) is 23.8 Å². The highest BCUT2D eigenvalue weighted by molar-refractivity contribution is 7.11. The molecule has 11 heteroatoms. The third-order valence-corrected chi connectivity index (χ3v) is 8.43. The van der Waals surface area contributed by atoms with Crippen LogP contribution >= 0.6 is 11.3 Å². The van der Waals surface area contributed by atoms with Gasteiger partial charge in [0.2, 0.25) is 0 Å². The number of piperidine rings is 1. The predicted molar refractivity (Wildman–Crippen MR) is 146 cm³/mol. The number of aromatic carboxylic acids is 1. The van der Waals surface area contributed by atoms with E-state index in [0.29, 0.717) is 29.8 Å². The largest absolute Gasteiger partial charge is 0.478 e. The first-order valence-corrected chi connectivity index (χ1v) is 14.2. The Morgan fingerprint density at radius 1 is 1.20 bits per heavy atom. The number of rotatable bonds is 9. The van der Waals surface area contributed by atoms with Gasteiger partial charge in [0.1, 0.15) is 18.2 Å². The monoisotopic (exact) mass is 561 g/mol. The second kappa shape index (κ2) is 11.3. The average Bonchev–Trinajstić information content (AvgIpc) is 3.54. The Balaban J connectivity index is 1.08. The number of hydrogen-bond acceptors (Lipinski definition) is 8. The lowest BCUT2D eigenvalue weighted by atomic mass is 9.94. The standard InChI is InChI=1S/C29H28FN5O4S/c30-23-11-18(13-31)1-2-21(23)16-39-29-33-25(17-40-29)19-5-8-34(9-6-19)15-27-32-24-4-3-20(28(36)37)12-26(24)35(27)14-22-7-10-38-22/h1-4,11-12,17,19,22H,5-10,14-16H2,(H,36,37). The van der Waals surface area contributed by atoms with E-state index in [2.05, 4.69) is 14.5 Å². The molecule has 1 unspecified atom stereocenters. The fraction of sp³-hybridized carbons (Fsp3) is 0.379. The number of carboxylic acids is 1. The number of halogens is 1. The normalized spacial score (nSPS) is 17.9. The van der Waals surface area contributed by atoms with Crippen LogP contribution in [0.4, 0.5) is 4.39 Å². The smallest absolute Gasteiger partial charge is 0.335 e. The van der Waals surface area contributed by atoms with Crippen molar-refractivity contribution in [1.82, 2.24) is 19.4 Å². The number of fused-ring (bicyclic) bond motifs is 1. The molecule has 0 radical (unpaired) electrons. The molecule has 0 spiro atoms. The van der Waals surface area contributed by atoms with E-state index in [4.69, 9.17) is 19.7 Å². The van der Waals surface area contributed by atoms with Gasteiger partial charge in [-0.05, 0) is 62.7 Å². The van der Waals surface area contributed by atoms with Gasteiger partial charge in [0, 0.05) is 23.5 Å². The van der Waals surface area contributed by atoms with Crippen molar-refractivity contribution >= 4 is 28.3 Å². The van der Waals surface area contributed by atoms with Crippen LogP contribution in [0.5, 0.6) is 5.19 Å². The van der Waals surface area contributed by atoms with Gasteiger partial charge in [0.05, 0.1) is 53.1 Å². The van der Waals surface area contributed by atoms with Gasteiger partial charge in [-0.15, -0.1) is 0 Å². The number of nitrogens with zero attached hydrogens (tertiary/aromatic N) is 5. The third kappa shape index (κ3) is 5.56. The lowest BCUT2D eigenvalue weighted by Gasteiger charge is -2.32. The lowest BCUT2D eigenvalue weighted by molar-refractivity contribution is -0.0592. The van der Waals surface area contributed by atoms with Gasteiger partial charge in [-0.1, -0.05) is 17.4 Å². The van der Waals surface area contributed by atoms with Crippen LogP contribution in [0.1, 0.15) is 58.2 Å². The van der Waals surface area contributed by atoms with Crippen LogP contribution in [0.25, 0.3) is 11.0 Å². The summed E-state index contributed by atoms with van der Waals surface area (Å²) in [5, 5.41) is 20.9. The molecule has 40 heavy (non-hydrogen) atoms. The molecule has 1 atom stereocenters. The van der Waals surface area contributed by atoms with Crippen molar-refractivity contribution in [2.24, 2.45) is 0 Å². The van der Waals surface area contributed by atoms with E-state index in [1.54, 1.807) is 30.3 Å². The summed E-state index contributed by atoms with van der Waals surface area (Å²) in [5.74, 6) is -0.169. The third-order valence-electron chi connectivity index (χ3n) is 7.66. The van der Waals surface area contributed by atoms with Crippen LogP contribution in [0, 0.1) is 17.1 Å². The molecule has 4 heterocycles. The van der Waals surface area contributed by atoms with E-state index < -0.39 is 11.8 Å². The number of carbonyl (C=O) groups is 1. The first-order chi connectivity index (χ1) is 19.5. The maximum Gasteiger partial charge on any atom is 0.335 e. The molecule has 4 aromatic rings. The molecule has 2 fully saturated rings. The number of carboxylic acid groups (broad SMARTS) is 1. The number of likely N-dealkylation sites (tertiary alicyclic amines) is 1. The van der Waals surface area contributed by atoms with Crippen molar-refractivity contribution in [2.45, 2.75) is 51.0 Å². The zero-order valence-electron chi connectivity index (χ0n) is 21.8. The van der Waals surface area contributed by atoms with Crippen LogP contribution in [-0.2, 0) is 24.4 Å². The second-order valence-electron chi connectivity index (χ2n) is 10.2. The molecule has 1 N–H and O–H groups in total. The number of thiazole rings is 1. The number of hydrogen-bond donors (Lipinski definition) is 1. The molecule has 6 rings (SSSR count). The van der Waals surface area contributed by atoms with E-state index >= 15 is 0 Å². The zero-order valence-corrected chi connectivity index (χ0v) is 22.6. The maximum absolute atomic E-state index is 14.2. The van der Waals surface area contributed by atoms with Gasteiger partial charge in [0.25, 0.3) is 5.19 Å². The fourth-order valence-electron chi connectivity index (χ4n) is 5.25. The molecule has 2 aromatic heterocycles.